The molecular formula is C21H32N4O6. The van der Waals surface area contributed by atoms with Crippen molar-refractivity contribution in [3.8, 4) is 5.75 Å². The maximum Gasteiger partial charge on any atom is 0.252 e. The number of amides is 2. The van der Waals surface area contributed by atoms with Gasteiger partial charge in [-0.25, -0.2) is 0 Å². The molecule has 1 unspecified atom stereocenters. The molecule has 2 heterocycles. The fraction of sp³-hybridized carbons (Fsp3) is 0.619. The molecule has 1 atom stereocenters. The third-order valence-corrected chi connectivity index (χ3v) is 5.38. The molecule has 10 nitrogen and oxygen atoms in total. The normalized spacial score (nSPS) is 19.0. The minimum Gasteiger partial charge on any atom is -0.508 e. The van der Waals surface area contributed by atoms with Crippen molar-refractivity contribution in [2.75, 3.05) is 72.3 Å². The van der Waals surface area contributed by atoms with Crippen LogP contribution < -0.4 is 10.6 Å². The highest BCUT2D eigenvalue weighted by atomic mass is 16.5. The van der Waals surface area contributed by atoms with Gasteiger partial charge in [0, 0.05) is 51.4 Å². The van der Waals surface area contributed by atoms with E-state index in [0.29, 0.717) is 46.1 Å². The largest absolute Gasteiger partial charge is 0.508 e. The maximum atomic E-state index is 12.7. The van der Waals surface area contributed by atoms with Crippen LogP contribution in [0.5, 0.6) is 5.75 Å². The molecule has 172 valence electrons. The molecule has 10 heteroatoms. The third kappa shape index (κ3) is 7.44. The second kappa shape index (κ2) is 12.0. The van der Waals surface area contributed by atoms with Gasteiger partial charge in [-0.05, 0) is 23.8 Å². The van der Waals surface area contributed by atoms with Gasteiger partial charge in [0.2, 0.25) is 5.91 Å². The van der Waals surface area contributed by atoms with Crippen LogP contribution in [0.2, 0.25) is 0 Å². The number of morpholine rings is 2. The summed E-state index contributed by atoms with van der Waals surface area (Å²) in [6, 6.07) is 3.59. The molecule has 1 aromatic rings. The van der Waals surface area contributed by atoms with Crippen LogP contribution in [0.3, 0.4) is 0 Å². The summed E-state index contributed by atoms with van der Waals surface area (Å²) in [4.78, 5) is 29.4. The Morgan fingerprint density at radius 2 is 1.65 bits per heavy atom. The minimum absolute atomic E-state index is 0.0218. The van der Waals surface area contributed by atoms with Crippen LogP contribution in [-0.4, -0.2) is 110 Å². The highest BCUT2D eigenvalue weighted by Gasteiger charge is 2.22. The predicted octanol–water partition coefficient (Wildman–Crippen LogP) is -1.24. The quantitative estimate of drug-likeness (QED) is 0.379. The number of rotatable bonds is 9. The van der Waals surface area contributed by atoms with Crippen LogP contribution in [0, 0.1) is 0 Å². The van der Waals surface area contributed by atoms with E-state index in [1.807, 2.05) is 0 Å². The molecule has 2 aliphatic rings. The molecule has 0 spiro atoms. The van der Waals surface area contributed by atoms with Crippen LogP contribution in [-0.2, 0) is 20.8 Å². The standard InChI is InChI=1S/C21H32N4O6/c26-15-19(21(29)22-1-2-24-3-7-30-8-4-24)23-20(28)17-11-16(12-18(27)13-17)14-25-5-9-31-10-6-25/h11-13,19,26-27H,1-10,14-15H2,(H,22,29)(H,23,28). The lowest BCUT2D eigenvalue weighted by Gasteiger charge is -2.27. The highest BCUT2D eigenvalue weighted by Crippen LogP contribution is 2.18. The molecule has 2 fully saturated rings. The summed E-state index contributed by atoms with van der Waals surface area (Å²) in [5.74, 6) is -0.995. The van der Waals surface area contributed by atoms with E-state index < -0.39 is 24.5 Å². The Kier molecular flexibility index (Phi) is 9.04. The first-order valence-corrected chi connectivity index (χ1v) is 10.7. The number of ether oxygens (including phenoxy) is 2. The average Bonchev–Trinajstić information content (AvgIpc) is 2.78. The van der Waals surface area contributed by atoms with Crippen LogP contribution in [0.4, 0.5) is 0 Å². The number of carbonyl (C=O) groups excluding carboxylic acids is 2. The van der Waals surface area contributed by atoms with Gasteiger partial charge in [-0.3, -0.25) is 19.4 Å². The van der Waals surface area contributed by atoms with Gasteiger partial charge in [0.1, 0.15) is 11.8 Å². The SMILES string of the molecule is O=C(NC(CO)C(=O)NCCN1CCOCC1)c1cc(O)cc(CN2CCOCC2)c1. The van der Waals surface area contributed by atoms with Crippen molar-refractivity contribution >= 4 is 11.8 Å². The molecule has 3 rings (SSSR count). The van der Waals surface area contributed by atoms with Crippen molar-refractivity contribution in [1.82, 2.24) is 20.4 Å². The molecule has 0 bridgehead atoms. The molecule has 31 heavy (non-hydrogen) atoms. The Hall–Kier alpha value is -2.24. The topological polar surface area (TPSA) is 124 Å². The van der Waals surface area contributed by atoms with Gasteiger partial charge in [-0.15, -0.1) is 0 Å². The van der Waals surface area contributed by atoms with Gasteiger partial charge in [0.05, 0.1) is 33.0 Å². The van der Waals surface area contributed by atoms with E-state index in [-0.39, 0.29) is 11.3 Å². The highest BCUT2D eigenvalue weighted by molar-refractivity contribution is 5.98. The molecule has 2 amide bonds. The lowest BCUT2D eigenvalue weighted by molar-refractivity contribution is -0.123. The maximum absolute atomic E-state index is 12.7. The number of hydrogen-bond donors (Lipinski definition) is 4. The summed E-state index contributed by atoms with van der Waals surface area (Å²) < 4.78 is 10.6. The Labute approximate surface area is 182 Å². The molecule has 0 radical (unpaired) electrons. The van der Waals surface area contributed by atoms with E-state index in [4.69, 9.17) is 9.47 Å². The average molecular weight is 437 g/mol. The van der Waals surface area contributed by atoms with Gasteiger partial charge in [0.15, 0.2) is 0 Å². The van der Waals surface area contributed by atoms with Crippen LogP contribution in [0.15, 0.2) is 18.2 Å². The zero-order valence-electron chi connectivity index (χ0n) is 17.7. The number of hydrogen-bond acceptors (Lipinski definition) is 8. The number of phenols is 1. The Morgan fingerprint density at radius 1 is 1.00 bits per heavy atom. The van der Waals surface area contributed by atoms with Crippen LogP contribution in [0.25, 0.3) is 0 Å². The molecule has 2 saturated heterocycles. The molecule has 0 aromatic heterocycles. The van der Waals surface area contributed by atoms with Crippen LogP contribution in [0.1, 0.15) is 15.9 Å². The zero-order valence-corrected chi connectivity index (χ0v) is 17.7. The fourth-order valence-corrected chi connectivity index (χ4v) is 3.63. The summed E-state index contributed by atoms with van der Waals surface area (Å²) in [6.45, 7) is 7.05. The Morgan fingerprint density at radius 3 is 2.29 bits per heavy atom. The van der Waals surface area contributed by atoms with Gasteiger partial charge >= 0.3 is 0 Å². The van der Waals surface area contributed by atoms with Crippen molar-refractivity contribution in [1.29, 1.82) is 0 Å². The van der Waals surface area contributed by atoms with Crippen molar-refractivity contribution < 1.29 is 29.3 Å². The van der Waals surface area contributed by atoms with Gasteiger partial charge in [0.25, 0.3) is 5.91 Å². The summed E-state index contributed by atoms with van der Waals surface area (Å²) in [7, 11) is 0. The first-order valence-electron chi connectivity index (χ1n) is 10.7. The predicted molar refractivity (Wildman–Crippen MR) is 113 cm³/mol. The summed E-state index contributed by atoms with van der Waals surface area (Å²) in [5.41, 5.74) is 1.03. The number of nitrogens with zero attached hydrogens (tertiary/aromatic N) is 2. The van der Waals surface area contributed by atoms with E-state index in [1.54, 1.807) is 12.1 Å². The minimum atomic E-state index is -1.07. The first-order chi connectivity index (χ1) is 15.0. The van der Waals surface area contributed by atoms with E-state index >= 15 is 0 Å². The monoisotopic (exact) mass is 436 g/mol. The van der Waals surface area contributed by atoms with Crippen molar-refractivity contribution in [3.63, 3.8) is 0 Å². The molecule has 0 aliphatic carbocycles. The molecule has 2 aliphatic heterocycles. The van der Waals surface area contributed by atoms with Crippen molar-refractivity contribution in [2.45, 2.75) is 12.6 Å². The second-order valence-corrected chi connectivity index (χ2v) is 7.73. The first kappa shape index (κ1) is 23.4. The number of carbonyl (C=O) groups is 2. The smallest absolute Gasteiger partial charge is 0.252 e. The lowest BCUT2D eigenvalue weighted by Crippen LogP contribution is -2.50. The van der Waals surface area contributed by atoms with Crippen molar-refractivity contribution in [3.05, 3.63) is 29.3 Å². The number of aliphatic hydroxyl groups is 1. The third-order valence-electron chi connectivity index (χ3n) is 5.38. The van der Waals surface area contributed by atoms with E-state index in [9.17, 15) is 19.8 Å². The molecule has 1 aromatic carbocycles. The van der Waals surface area contributed by atoms with Gasteiger partial charge in [-0.1, -0.05) is 0 Å². The number of nitrogens with one attached hydrogen (secondary N) is 2. The van der Waals surface area contributed by atoms with Gasteiger partial charge in [-0.2, -0.15) is 0 Å². The summed E-state index contributed by atoms with van der Waals surface area (Å²) in [5, 5.41) is 24.9. The van der Waals surface area contributed by atoms with E-state index in [2.05, 4.69) is 20.4 Å². The molecular weight excluding hydrogens is 404 g/mol. The number of benzene rings is 1. The Bertz CT molecular complexity index is 735. The van der Waals surface area contributed by atoms with Crippen LogP contribution >= 0.6 is 0 Å². The van der Waals surface area contributed by atoms with E-state index in [1.165, 1.54) is 6.07 Å². The zero-order chi connectivity index (χ0) is 22.1. The van der Waals surface area contributed by atoms with E-state index in [0.717, 1.165) is 31.7 Å². The fourth-order valence-electron chi connectivity index (χ4n) is 3.63. The van der Waals surface area contributed by atoms with Crippen molar-refractivity contribution in [2.24, 2.45) is 0 Å². The molecule has 0 saturated carbocycles. The number of aliphatic hydroxyl groups excluding tert-OH is 1. The second-order valence-electron chi connectivity index (χ2n) is 7.73. The lowest BCUT2D eigenvalue weighted by atomic mass is 10.1. The number of phenolic OH excluding ortho intramolecular Hbond substituents is 1. The summed E-state index contributed by atoms with van der Waals surface area (Å²) >= 11 is 0. The summed E-state index contributed by atoms with van der Waals surface area (Å²) in [6.07, 6.45) is 0. The van der Waals surface area contributed by atoms with Gasteiger partial charge < -0.3 is 30.3 Å². The molecule has 4 N–H and O–H groups in total. The number of aromatic hydroxyl groups is 1. The Balaban J connectivity index is 1.52.